The van der Waals surface area contributed by atoms with Crippen LogP contribution < -0.4 is 5.73 Å². The Labute approximate surface area is 73.9 Å². The van der Waals surface area contributed by atoms with Crippen molar-refractivity contribution in [2.75, 3.05) is 13.2 Å². The van der Waals surface area contributed by atoms with Gasteiger partial charge in [-0.3, -0.25) is 0 Å². The molecule has 3 unspecified atom stereocenters. The van der Waals surface area contributed by atoms with Gasteiger partial charge in [0, 0.05) is 18.6 Å². The molecule has 0 aliphatic carbocycles. The van der Waals surface area contributed by atoms with Crippen LogP contribution in [-0.4, -0.2) is 30.5 Å². The number of aliphatic hydroxyl groups excluding tert-OH is 1. The number of hydrogen-bond acceptors (Lipinski definition) is 3. The van der Waals surface area contributed by atoms with Crippen molar-refractivity contribution in [1.29, 1.82) is 0 Å². The topological polar surface area (TPSA) is 55.5 Å². The maximum atomic E-state index is 9.74. The molecule has 1 fully saturated rings. The monoisotopic (exact) mass is 173 g/mol. The van der Waals surface area contributed by atoms with Crippen LogP contribution in [0, 0.1) is 5.92 Å². The summed E-state index contributed by atoms with van der Waals surface area (Å²) in [6, 6.07) is -0.0864. The lowest BCUT2D eigenvalue weighted by Crippen LogP contribution is -2.42. The van der Waals surface area contributed by atoms with Gasteiger partial charge in [0.05, 0.1) is 12.7 Å². The first-order chi connectivity index (χ1) is 5.75. The van der Waals surface area contributed by atoms with Crippen LogP contribution in [0.4, 0.5) is 0 Å². The molecule has 3 N–H and O–H groups in total. The number of nitrogens with two attached hydrogens (primary N) is 1. The molecular formula is C9H19NO2. The Hall–Kier alpha value is -0.120. The van der Waals surface area contributed by atoms with E-state index in [0.717, 1.165) is 25.9 Å². The molecule has 1 aliphatic heterocycles. The van der Waals surface area contributed by atoms with Gasteiger partial charge in [-0.25, -0.2) is 0 Å². The highest BCUT2D eigenvalue weighted by Gasteiger charge is 2.25. The molecule has 0 aromatic carbocycles. The number of ether oxygens (including phenoxy) is 1. The van der Waals surface area contributed by atoms with Crippen molar-refractivity contribution in [2.24, 2.45) is 11.7 Å². The summed E-state index contributed by atoms with van der Waals surface area (Å²) in [7, 11) is 0. The second-order valence-electron chi connectivity index (χ2n) is 3.54. The van der Waals surface area contributed by atoms with Gasteiger partial charge in [0.1, 0.15) is 0 Å². The van der Waals surface area contributed by atoms with Crippen molar-refractivity contribution >= 4 is 0 Å². The molecule has 0 aromatic heterocycles. The zero-order chi connectivity index (χ0) is 8.97. The third kappa shape index (κ3) is 2.44. The third-order valence-corrected chi connectivity index (χ3v) is 2.59. The lowest BCUT2D eigenvalue weighted by atomic mass is 9.90. The number of hydrogen-bond donors (Lipinski definition) is 2. The molecule has 1 heterocycles. The van der Waals surface area contributed by atoms with Crippen LogP contribution in [0.15, 0.2) is 0 Å². The molecule has 72 valence electrons. The van der Waals surface area contributed by atoms with Gasteiger partial charge >= 0.3 is 0 Å². The minimum atomic E-state index is -0.379. The Morgan fingerprint density at radius 3 is 2.92 bits per heavy atom. The summed E-state index contributed by atoms with van der Waals surface area (Å²) in [5, 5.41) is 9.74. The fourth-order valence-corrected chi connectivity index (χ4v) is 1.63. The first-order valence-electron chi connectivity index (χ1n) is 4.77. The first kappa shape index (κ1) is 9.96. The maximum absolute atomic E-state index is 9.74. The molecule has 1 aliphatic rings. The molecule has 0 saturated carbocycles. The summed E-state index contributed by atoms with van der Waals surface area (Å²) < 4.78 is 5.28. The van der Waals surface area contributed by atoms with Gasteiger partial charge in [-0.15, -0.1) is 0 Å². The Morgan fingerprint density at radius 1 is 1.67 bits per heavy atom. The SMILES string of the molecule is CCC(N)C(O)C1CCCOC1. The molecule has 3 nitrogen and oxygen atoms in total. The fourth-order valence-electron chi connectivity index (χ4n) is 1.63. The largest absolute Gasteiger partial charge is 0.391 e. The third-order valence-electron chi connectivity index (χ3n) is 2.59. The molecule has 3 heteroatoms. The smallest absolute Gasteiger partial charge is 0.0741 e. The summed E-state index contributed by atoms with van der Waals surface area (Å²) in [6.07, 6.45) is 2.56. The van der Waals surface area contributed by atoms with Crippen LogP contribution in [-0.2, 0) is 4.74 Å². The molecule has 0 aromatic rings. The summed E-state index contributed by atoms with van der Waals surface area (Å²) in [5.41, 5.74) is 5.74. The number of aliphatic hydroxyl groups is 1. The molecule has 0 amide bonds. The zero-order valence-electron chi connectivity index (χ0n) is 7.70. The van der Waals surface area contributed by atoms with Gasteiger partial charge in [0.25, 0.3) is 0 Å². The van der Waals surface area contributed by atoms with Crippen molar-refractivity contribution in [3.8, 4) is 0 Å². The van der Waals surface area contributed by atoms with Crippen molar-refractivity contribution in [2.45, 2.75) is 38.3 Å². The Bertz CT molecular complexity index is 124. The van der Waals surface area contributed by atoms with E-state index >= 15 is 0 Å². The maximum Gasteiger partial charge on any atom is 0.0741 e. The van der Waals surface area contributed by atoms with E-state index in [1.807, 2.05) is 6.92 Å². The van der Waals surface area contributed by atoms with Gasteiger partial charge in [0.15, 0.2) is 0 Å². The van der Waals surface area contributed by atoms with Crippen LogP contribution in [0.3, 0.4) is 0 Å². The lowest BCUT2D eigenvalue weighted by Gasteiger charge is -2.29. The van der Waals surface area contributed by atoms with E-state index in [-0.39, 0.29) is 18.1 Å². The highest BCUT2D eigenvalue weighted by Crippen LogP contribution is 2.19. The van der Waals surface area contributed by atoms with E-state index in [1.165, 1.54) is 0 Å². The van der Waals surface area contributed by atoms with E-state index < -0.39 is 0 Å². The molecule has 3 atom stereocenters. The van der Waals surface area contributed by atoms with Crippen LogP contribution in [0.1, 0.15) is 26.2 Å². The van der Waals surface area contributed by atoms with Gasteiger partial charge in [-0.2, -0.15) is 0 Å². The molecule has 0 spiro atoms. The predicted octanol–water partition coefficient (Wildman–Crippen LogP) is 0.511. The Morgan fingerprint density at radius 2 is 2.42 bits per heavy atom. The minimum absolute atomic E-state index is 0.0864. The van der Waals surface area contributed by atoms with Crippen molar-refractivity contribution in [1.82, 2.24) is 0 Å². The van der Waals surface area contributed by atoms with E-state index in [1.54, 1.807) is 0 Å². The molecular weight excluding hydrogens is 154 g/mol. The van der Waals surface area contributed by atoms with Crippen molar-refractivity contribution in [3.05, 3.63) is 0 Å². The van der Waals surface area contributed by atoms with E-state index in [2.05, 4.69) is 0 Å². The van der Waals surface area contributed by atoms with Crippen LogP contribution in [0.2, 0.25) is 0 Å². The summed E-state index contributed by atoms with van der Waals surface area (Å²) in [4.78, 5) is 0. The fraction of sp³-hybridized carbons (Fsp3) is 1.00. The van der Waals surface area contributed by atoms with Gasteiger partial charge in [0.2, 0.25) is 0 Å². The van der Waals surface area contributed by atoms with Crippen molar-refractivity contribution < 1.29 is 9.84 Å². The van der Waals surface area contributed by atoms with Crippen LogP contribution >= 0.6 is 0 Å². The number of rotatable bonds is 3. The van der Waals surface area contributed by atoms with Crippen molar-refractivity contribution in [3.63, 3.8) is 0 Å². The Kier molecular flexibility index (Phi) is 3.98. The summed E-state index contributed by atoms with van der Waals surface area (Å²) >= 11 is 0. The van der Waals surface area contributed by atoms with Gasteiger partial charge in [-0.05, 0) is 19.3 Å². The Balaban J connectivity index is 2.33. The molecule has 12 heavy (non-hydrogen) atoms. The second kappa shape index (κ2) is 4.80. The first-order valence-corrected chi connectivity index (χ1v) is 4.77. The average molecular weight is 173 g/mol. The lowest BCUT2D eigenvalue weighted by molar-refractivity contribution is -0.0188. The highest BCUT2D eigenvalue weighted by molar-refractivity contribution is 4.79. The van der Waals surface area contributed by atoms with Gasteiger partial charge < -0.3 is 15.6 Å². The van der Waals surface area contributed by atoms with E-state index in [0.29, 0.717) is 6.61 Å². The quantitative estimate of drug-likeness (QED) is 0.654. The zero-order valence-corrected chi connectivity index (χ0v) is 7.70. The minimum Gasteiger partial charge on any atom is -0.391 e. The van der Waals surface area contributed by atoms with E-state index in [4.69, 9.17) is 10.5 Å². The normalized spacial score (nSPS) is 29.8. The van der Waals surface area contributed by atoms with Crippen LogP contribution in [0.5, 0.6) is 0 Å². The highest BCUT2D eigenvalue weighted by atomic mass is 16.5. The summed E-state index contributed by atoms with van der Waals surface area (Å²) in [5.74, 6) is 0.258. The van der Waals surface area contributed by atoms with Crippen LogP contribution in [0.25, 0.3) is 0 Å². The molecule has 0 radical (unpaired) electrons. The summed E-state index contributed by atoms with van der Waals surface area (Å²) in [6.45, 7) is 3.51. The van der Waals surface area contributed by atoms with E-state index in [9.17, 15) is 5.11 Å². The predicted molar refractivity (Wildman–Crippen MR) is 47.8 cm³/mol. The molecule has 1 saturated heterocycles. The van der Waals surface area contributed by atoms with Gasteiger partial charge in [-0.1, -0.05) is 6.92 Å². The molecule has 0 bridgehead atoms. The second-order valence-corrected chi connectivity index (χ2v) is 3.54. The molecule has 1 rings (SSSR count). The standard InChI is InChI=1S/C9H19NO2/c1-2-8(10)9(11)7-4-3-5-12-6-7/h7-9,11H,2-6,10H2,1H3. The average Bonchev–Trinajstić information content (AvgIpc) is 2.17.